The summed E-state index contributed by atoms with van der Waals surface area (Å²) in [5, 5.41) is 0. The molecule has 1 amide bonds. The summed E-state index contributed by atoms with van der Waals surface area (Å²) in [6.07, 6.45) is 1.20. The van der Waals surface area contributed by atoms with Crippen molar-refractivity contribution in [3.8, 4) is 0 Å². The first-order valence-electron chi connectivity index (χ1n) is 7.54. The lowest BCUT2D eigenvalue weighted by molar-refractivity contribution is -0.119. The molecule has 3 aromatic rings. The molecule has 0 saturated carbocycles. The minimum atomic E-state index is -4.10. The maximum Gasteiger partial charge on any atom is 0.332 e. The van der Waals surface area contributed by atoms with Crippen LogP contribution in [0.25, 0.3) is 11.2 Å². The molecule has 1 N–H and O–H groups in total. The molecule has 0 bridgehead atoms. The third-order valence-corrected chi connectivity index (χ3v) is 6.29. The molecule has 0 spiro atoms. The Bertz CT molecular complexity index is 1290. The van der Waals surface area contributed by atoms with Gasteiger partial charge in [0.1, 0.15) is 11.4 Å². The van der Waals surface area contributed by atoms with E-state index in [1.54, 1.807) is 6.07 Å². The molecule has 0 unspecified atom stereocenters. The number of sulfonamides is 1. The summed E-state index contributed by atoms with van der Waals surface area (Å²) in [4.78, 5) is 40.4. The molecule has 27 heavy (non-hydrogen) atoms. The number of aryl methyl sites for hydroxylation is 1. The minimum absolute atomic E-state index is 0.0213. The Morgan fingerprint density at radius 3 is 2.52 bits per heavy atom. The number of halogens is 1. The Morgan fingerprint density at radius 2 is 1.85 bits per heavy atom. The Labute approximate surface area is 161 Å². The molecule has 0 aliphatic rings. The predicted octanol–water partition coefficient (Wildman–Crippen LogP) is -0.299. The number of hydrogen-bond acceptors (Lipinski definition) is 6. The van der Waals surface area contributed by atoms with Crippen molar-refractivity contribution in [1.29, 1.82) is 0 Å². The van der Waals surface area contributed by atoms with Gasteiger partial charge in [0, 0.05) is 18.6 Å². The SMILES string of the molecule is Cn1c(=O)c2c(ncn2CC(=O)NS(=O)(=O)c2ccccc2Br)n(C)c1=O. The molecule has 0 fully saturated rings. The van der Waals surface area contributed by atoms with Gasteiger partial charge in [-0.1, -0.05) is 12.1 Å². The highest BCUT2D eigenvalue weighted by atomic mass is 79.9. The number of hydrogen-bond donors (Lipinski definition) is 1. The van der Waals surface area contributed by atoms with E-state index in [9.17, 15) is 22.8 Å². The van der Waals surface area contributed by atoms with Crippen molar-refractivity contribution < 1.29 is 13.2 Å². The first kappa shape index (κ1) is 19.0. The standard InChI is InChI=1S/C15H14BrN5O5S/c1-19-13-12(14(23)20(2)15(19)24)21(8-17-13)7-11(22)18-27(25,26)10-6-4-3-5-9(10)16/h3-6,8H,7H2,1-2H3,(H,18,22). The largest absolute Gasteiger partial charge is 0.332 e. The Balaban J connectivity index is 1.95. The highest BCUT2D eigenvalue weighted by molar-refractivity contribution is 9.10. The number of carbonyl (C=O) groups is 1. The molecule has 0 radical (unpaired) electrons. The van der Waals surface area contributed by atoms with E-state index in [-0.39, 0.29) is 16.1 Å². The lowest BCUT2D eigenvalue weighted by Crippen LogP contribution is -2.38. The molecule has 0 aliphatic heterocycles. The molecular weight excluding hydrogens is 442 g/mol. The normalized spacial score (nSPS) is 11.7. The van der Waals surface area contributed by atoms with Crippen LogP contribution >= 0.6 is 15.9 Å². The number of rotatable bonds is 4. The fraction of sp³-hybridized carbons (Fsp3) is 0.200. The van der Waals surface area contributed by atoms with E-state index in [0.717, 1.165) is 4.57 Å². The van der Waals surface area contributed by atoms with Crippen molar-refractivity contribution in [2.75, 3.05) is 0 Å². The van der Waals surface area contributed by atoms with Gasteiger partial charge in [-0.2, -0.15) is 0 Å². The second-order valence-electron chi connectivity index (χ2n) is 5.71. The first-order chi connectivity index (χ1) is 12.6. The summed E-state index contributed by atoms with van der Waals surface area (Å²) >= 11 is 3.13. The van der Waals surface area contributed by atoms with Gasteiger partial charge in [-0.25, -0.2) is 22.9 Å². The van der Waals surface area contributed by atoms with Gasteiger partial charge in [0.25, 0.3) is 21.5 Å². The zero-order valence-electron chi connectivity index (χ0n) is 14.2. The number of carbonyl (C=O) groups excluding carboxylic acids is 1. The average molecular weight is 456 g/mol. The number of nitrogens with zero attached hydrogens (tertiary/aromatic N) is 4. The van der Waals surface area contributed by atoms with E-state index >= 15 is 0 Å². The first-order valence-corrected chi connectivity index (χ1v) is 9.82. The van der Waals surface area contributed by atoms with Gasteiger partial charge < -0.3 is 4.57 Å². The van der Waals surface area contributed by atoms with Crippen LogP contribution < -0.4 is 16.0 Å². The van der Waals surface area contributed by atoms with Crippen LogP contribution in [0.2, 0.25) is 0 Å². The summed E-state index contributed by atoms with van der Waals surface area (Å²) in [6.45, 7) is -0.465. The van der Waals surface area contributed by atoms with Crippen molar-refractivity contribution in [1.82, 2.24) is 23.4 Å². The molecule has 2 aromatic heterocycles. The summed E-state index contributed by atoms with van der Waals surface area (Å²) in [7, 11) is -1.35. The molecule has 2 heterocycles. The van der Waals surface area contributed by atoms with Crippen LogP contribution in [0.3, 0.4) is 0 Å². The smallest absolute Gasteiger partial charge is 0.315 e. The molecule has 3 rings (SSSR count). The Hall–Kier alpha value is -2.73. The Kier molecular flexibility index (Phi) is 4.78. The highest BCUT2D eigenvalue weighted by Crippen LogP contribution is 2.20. The van der Waals surface area contributed by atoms with Gasteiger partial charge in [0.2, 0.25) is 0 Å². The minimum Gasteiger partial charge on any atom is -0.315 e. The van der Waals surface area contributed by atoms with Crippen molar-refractivity contribution >= 4 is 43.0 Å². The lowest BCUT2D eigenvalue weighted by Gasteiger charge is -2.09. The van der Waals surface area contributed by atoms with Crippen molar-refractivity contribution in [3.63, 3.8) is 0 Å². The van der Waals surface area contributed by atoms with E-state index in [2.05, 4.69) is 20.9 Å². The average Bonchev–Trinajstić information content (AvgIpc) is 3.01. The number of imidazole rings is 1. The molecule has 10 nitrogen and oxygen atoms in total. The van der Waals surface area contributed by atoms with Crippen LogP contribution in [0.5, 0.6) is 0 Å². The number of amides is 1. The third-order valence-electron chi connectivity index (χ3n) is 3.91. The predicted molar refractivity (Wildman–Crippen MR) is 99.7 cm³/mol. The topological polar surface area (TPSA) is 125 Å². The van der Waals surface area contributed by atoms with Gasteiger partial charge >= 0.3 is 5.69 Å². The van der Waals surface area contributed by atoms with Crippen molar-refractivity contribution in [2.45, 2.75) is 11.4 Å². The molecule has 0 aliphatic carbocycles. The maximum atomic E-state index is 12.4. The number of aromatic nitrogens is 4. The van der Waals surface area contributed by atoms with Crippen LogP contribution in [0, 0.1) is 0 Å². The van der Waals surface area contributed by atoms with Crippen LogP contribution in [-0.2, 0) is 35.5 Å². The van der Waals surface area contributed by atoms with Crippen LogP contribution in [0.4, 0.5) is 0 Å². The van der Waals surface area contributed by atoms with E-state index < -0.39 is 33.7 Å². The van der Waals surface area contributed by atoms with Crippen molar-refractivity contribution in [2.24, 2.45) is 14.1 Å². The molecular formula is C15H14BrN5O5S. The summed E-state index contributed by atoms with van der Waals surface area (Å²) in [6, 6.07) is 6.05. The summed E-state index contributed by atoms with van der Waals surface area (Å²) in [5.41, 5.74) is -1.07. The zero-order chi connectivity index (χ0) is 19.9. The summed E-state index contributed by atoms with van der Waals surface area (Å²) < 4.78 is 30.3. The zero-order valence-corrected chi connectivity index (χ0v) is 16.6. The van der Waals surface area contributed by atoms with Crippen LogP contribution in [-0.4, -0.2) is 33.0 Å². The monoisotopic (exact) mass is 455 g/mol. The van der Waals surface area contributed by atoms with E-state index in [1.807, 2.05) is 4.72 Å². The molecule has 0 atom stereocenters. The quantitative estimate of drug-likeness (QED) is 0.575. The van der Waals surface area contributed by atoms with Crippen LogP contribution in [0.1, 0.15) is 0 Å². The summed E-state index contributed by atoms with van der Waals surface area (Å²) in [5.74, 6) is -0.860. The van der Waals surface area contributed by atoms with E-state index in [1.165, 1.54) is 47.8 Å². The molecule has 0 saturated heterocycles. The number of nitrogens with one attached hydrogen (secondary N) is 1. The van der Waals surface area contributed by atoms with E-state index in [0.29, 0.717) is 4.47 Å². The second kappa shape index (κ2) is 6.78. The molecule has 142 valence electrons. The number of fused-ring (bicyclic) bond motifs is 1. The third kappa shape index (κ3) is 3.32. The fourth-order valence-corrected chi connectivity index (χ4v) is 4.55. The highest BCUT2D eigenvalue weighted by Gasteiger charge is 2.22. The van der Waals surface area contributed by atoms with Gasteiger partial charge in [0.05, 0.1) is 6.33 Å². The number of benzene rings is 1. The fourth-order valence-electron chi connectivity index (χ4n) is 2.57. The maximum absolute atomic E-state index is 12.4. The van der Waals surface area contributed by atoms with Gasteiger partial charge in [-0.05, 0) is 28.1 Å². The molecule has 1 aromatic carbocycles. The van der Waals surface area contributed by atoms with Crippen LogP contribution in [0.15, 0.2) is 49.6 Å². The van der Waals surface area contributed by atoms with Gasteiger partial charge in [0.15, 0.2) is 11.2 Å². The van der Waals surface area contributed by atoms with E-state index in [4.69, 9.17) is 0 Å². The van der Waals surface area contributed by atoms with Gasteiger partial charge in [-0.15, -0.1) is 0 Å². The Morgan fingerprint density at radius 1 is 1.19 bits per heavy atom. The van der Waals surface area contributed by atoms with Gasteiger partial charge in [-0.3, -0.25) is 18.7 Å². The van der Waals surface area contributed by atoms with Crippen molar-refractivity contribution in [3.05, 3.63) is 55.9 Å². The second-order valence-corrected chi connectivity index (χ2v) is 8.21. The lowest BCUT2D eigenvalue weighted by atomic mass is 10.4. The molecule has 12 heteroatoms.